The maximum atomic E-state index is 13.8. The molecule has 5 rings (SSSR count). The second kappa shape index (κ2) is 9.31. The maximum Gasteiger partial charge on any atom is 0.410 e. The number of halogens is 1. The summed E-state index contributed by atoms with van der Waals surface area (Å²) >= 11 is 3.61. The molecule has 2 aromatic heterocycles. The molecule has 2 aliphatic rings. The molecule has 1 atom stereocenters. The van der Waals surface area contributed by atoms with Crippen molar-refractivity contribution in [3.8, 4) is 11.4 Å². The van der Waals surface area contributed by atoms with E-state index in [0.717, 1.165) is 26.8 Å². The van der Waals surface area contributed by atoms with E-state index in [0.29, 0.717) is 43.3 Å². The van der Waals surface area contributed by atoms with E-state index in [4.69, 9.17) is 9.47 Å². The van der Waals surface area contributed by atoms with Crippen LogP contribution in [-0.2, 0) is 4.74 Å². The first-order chi connectivity index (χ1) is 17.4. The van der Waals surface area contributed by atoms with Gasteiger partial charge in [-0.05, 0) is 57.4 Å². The van der Waals surface area contributed by atoms with Crippen LogP contribution in [0.1, 0.15) is 51.8 Å². The van der Waals surface area contributed by atoms with E-state index in [9.17, 15) is 9.59 Å². The number of benzene rings is 1. The summed E-state index contributed by atoms with van der Waals surface area (Å²) in [7, 11) is 0. The number of rotatable bonds is 2. The number of carbonyl (C=O) groups excluding carboxylic acids is 1. The number of hydrogen-bond donors (Lipinski definition) is 0. The van der Waals surface area contributed by atoms with Gasteiger partial charge in [0.2, 0.25) is 0 Å². The van der Waals surface area contributed by atoms with E-state index < -0.39 is 5.60 Å². The standard InChI is InChI=1S/C27H32BrN5O4/c1-15(2)22-23(16(3)7-8-29-22)33-19-11-17(28)12-20-21(19)24(30-25(33)34)32-10-9-31(13-18(32)14-36-20)26(35)37-27(4,5)6/h7-8,11-12,15,18H,9-10,13-14H2,1-6H3/t18-/m1/s1. The Kier molecular flexibility index (Phi) is 6.42. The van der Waals surface area contributed by atoms with Crippen LogP contribution in [0.3, 0.4) is 0 Å². The maximum absolute atomic E-state index is 13.8. The molecule has 1 amide bonds. The van der Waals surface area contributed by atoms with Gasteiger partial charge in [-0.25, -0.2) is 9.59 Å². The van der Waals surface area contributed by atoms with E-state index in [1.54, 1.807) is 15.7 Å². The first-order valence-corrected chi connectivity index (χ1v) is 13.3. The van der Waals surface area contributed by atoms with Crippen LogP contribution in [0.5, 0.6) is 5.75 Å². The van der Waals surface area contributed by atoms with Crippen molar-refractivity contribution in [1.82, 2.24) is 19.4 Å². The highest BCUT2D eigenvalue weighted by Gasteiger charge is 2.37. The normalized spacial score (nSPS) is 17.5. The highest BCUT2D eigenvalue weighted by molar-refractivity contribution is 9.10. The monoisotopic (exact) mass is 569 g/mol. The van der Waals surface area contributed by atoms with Crippen LogP contribution in [0.2, 0.25) is 0 Å². The molecule has 1 saturated heterocycles. The van der Waals surface area contributed by atoms with Gasteiger partial charge < -0.3 is 19.3 Å². The van der Waals surface area contributed by atoms with E-state index in [2.05, 4.69) is 44.6 Å². The van der Waals surface area contributed by atoms with Gasteiger partial charge in [0.15, 0.2) is 0 Å². The summed E-state index contributed by atoms with van der Waals surface area (Å²) in [6.45, 7) is 13.4. The quantitative estimate of drug-likeness (QED) is 0.438. The van der Waals surface area contributed by atoms with Crippen molar-refractivity contribution in [1.29, 1.82) is 0 Å². The number of nitrogens with zero attached hydrogens (tertiary/aromatic N) is 5. The minimum Gasteiger partial charge on any atom is -0.490 e. The zero-order valence-corrected chi connectivity index (χ0v) is 23.6. The molecule has 0 radical (unpaired) electrons. The Bertz CT molecular complexity index is 1450. The van der Waals surface area contributed by atoms with Crippen molar-refractivity contribution in [3.63, 3.8) is 0 Å². The number of carbonyl (C=O) groups is 1. The van der Waals surface area contributed by atoms with Crippen molar-refractivity contribution in [2.75, 3.05) is 31.1 Å². The number of fused-ring (bicyclic) bond motifs is 2. The number of amides is 1. The van der Waals surface area contributed by atoms with Crippen LogP contribution in [0.25, 0.3) is 16.6 Å². The summed E-state index contributed by atoms with van der Waals surface area (Å²) in [6, 6.07) is 5.58. The number of anilines is 1. The first kappa shape index (κ1) is 25.5. The van der Waals surface area contributed by atoms with Crippen molar-refractivity contribution in [3.05, 3.63) is 50.6 Å². The molecular formula is C27H32BrN5O4. The van der Waals surface area contributed by atoms with E-state index in [-0.39, 0.29) is 23.7 Å². The highest BCUT2D eigenvalue weighted by atomic mass is 79.9. The minimum atomic E-state index is -0.575. The lowest BCUT2D eigenvalue weighted by molar-refractivity contribution is 0.0202. The predicted molar refractivity (Wildman–Crippen MR) is 146 cm³/mol. The van der Waals surface area contributed by atoms with Crippen LogP contribution < -0.4 is 15.3 Å². The van der Waals surface area contributed by atoms with Crippen LogP contribution in [-0.4, -0.2) is 63.4 Å². The third-order valence-corrected chi connectivity index (χ3v) is 7.12. The van der Waals surface area contributed by atoms with Gasteiger partial charge in [-0.2, -0.15) is 4.98 Å². The molecule has 0 N–H and O–H groups in total. The van der Waals surface area contributed by atoms with Crippen molar-refractivity contribution in [2.45, 2.75) is 59.1 Å². The fraction of sp³-hybridized carbons (Fsp3) is 0.481. The lowest BCUT2D eigenvalue weighted by Gasteiger charge is -2.41. The minimum absolute atomic E-state index is 0.111. The third-order valence-electron chi connectivity index (χ3n) is 6.67. The molecule has 3 aromatic rings. The Morgan fingerprint density at radius 1 is 1.24 bits per heavy atom. The first-order valence-electron chi connectivity index (χ1n) is 12.5. The summed E-state index contributed by atoms with van der Waals surface area (Å²) in [4.78, 5) is 39.6. The number of aromatic nitrogens is 3. The van der Waals surface area contributed by atoms with Crippen LogP contribution >= 0.6 is 15.9 Å². The summed E-state index contributed by atoms with van der Waals surface area (Å²) in [6.07, 6.45) is 1.43. The number of hydrogen-bond acceptors (Lipinski definition) is 7. The molecule has 0 saturated carbocycles. The van der Waals surface area contributed by atoms with Gasteiger partial charge in [-0.3, -0.25) is 9.55 Å². The largest absolute Gasteiger partial charge is 0.490 e. The predicted octanol–water partition coefficient (Wildman–Crippen LogP) is 4.79. The van der Waals surface area contributed by atoms with E-state index in [1.165, 1.54) is 0 Å². The van der Waals surface area contributed by atoms with Gasteiger partial charge in [-0.1, -0.05) is 29.8 Å². The Morgan fingerprint density at radius 3 is 2.70 bits per heavy atom. The number of piperazine rings is 1. The smallest absolute Gasteiger partial charge is 0.410 e. The van der Waals surface area contributed by atoms with Gasteiger partial charge in [0, 0.05) is 30.3 Å². The number of aryl methyl sites for hydroxylation is 1. The fourth-order valence-corrected chi connectivity index (χ4v) is 5.47. The SMILES string of the molecule is Cc1ccnc(C(C)C)c1-n1c(=O)nc2c3c(cc(Br)cc31)OC[C@H]1CN(C(=O)OC(C)(C)C)CCN21. The van der Waals surface area contributed by atoms with Gasteiger partial charge >= 0.3 is 11.8 Å². The van der Waals surface area contributed by atoms with E-state index in [1.807, 2.05) is 45.9 Å². The van der Waals surface area contributed by atoms with Crippen molar-refractivity contribution in [2.24, 2.45) is 0 Å². The molecule has 0 unspecified atom stereocenters. The summed E-state index contributed by atoms with van der Waals surface area (Å²) in [5.74, 6) is 1.34. The summed E-state index contributed by atoms with van der Waals surface area (Å²) in [5, 5.41) is 0.772. The molecule has 37 heavy (non-hydrogen) atoms. The molecule has 0 bridgehead atoms. The molecule has 10 heteroatoms. The van der Waals surface area contributed by atoms with Gasteiger partial charge in [0.25, 0.3) is 0 Å². The third kappa shape index (κ3) is 4.67. The Hall–Kier alpha value is -3.14. The lowest BCUT2D eigenvalue weighted by Crippen LogP contribution is -2.57. The average molecular weight is 570 g/mol. The second-order valence-corrected chi connectivity index (χ2v) is 11.9. The van der Waals surface area contributed by atoms with E-state index >= 15 is 0 Å². The number of ether oxygens (including phenoxy) is 2. The molecule has 1 fully saturated rings. The molecule has 0 aliphatic carbocycles. The average Bonchev–Trinajstić information content (AvgIpc) is 2.95. The van der Waals surface area contributed by atoms with Crippen LogP contribution in [0.15, 0.2) is 33.7 Å². The van der Waals surface area contributed by atoms with Crippen LogP contribution in [0.4, 0.5) is 10.6 Å². The lowest BCUT2D eigenvalue weighted by atomic mass is 10.0. The number of pyridine rings is 1. The second-order valence-electron chi connectivity index (χ2n) is 11.0. The molecule has 196 valence electrons. The van der Waals surface area contributed by atoms with Gasteiger partial charge in [0.05, 0.1) is 28.3 Å². The summed E-state index contributed by atoms with van der Waals surface area (Å²) < 4.78 is 14.4. The fourth-order valence-electron chi connectivity index (χ4n) is 5.05. The Balaban J connectivity index is 1.65. The molecule has 0 spiro atoms. The van der Waals surface area contributed by atoms with Gasteiger partial charge in [-0.15, -0.1) is 0 Å². The van der Waals surface area contributed by atoms with Crippen molar-refractivity contribution < 1.29 is 14.3 Å². The molecule has 4 heterocycles. The van der Waals surface area contributed by atoms with Gasteiger partial charge in [0.1, 0.15) is 23.8 Å². The Labute approximate surface area is 224 Å². The van der Waals surface area contributed by atoms with Crippen molar-refractivity contribution >= 4 is 38.7 Å². The molecule has 9 nitrogen and oxygen atoms in total. The Morgan fingerprint density at radius 2 is 2.00 bits per heavy atom. The summed E-state index contributed by atoms with van der Waals surface area (Å²) in [5.41, 5.74) is 2.28. The highest BCUT2D eigenvalue weighted by Crippen LogP contribution is 2.40. The van der Waals surface area contributed by atoms with Crippen LogP contribution in [0, 0.1) is 6.92 Å². The zero-order chi connectivity index (χ0) is 26.6. The molecule has 2 aliphatic heterocycles. The topological polar surface area (TPSA) is 89.8 Å². The zero-order valence-electron chi connectivity index (χ0n) is 22.0. The molecular weight excluding hydrogens is 538 g/mol. The molecule has 1 aromatic carbocycles.